The van der Waals surface area contributed by atoms with Crippen LogP contribution in [-0.2, 0) is 6.42 Å². The quantitative estimate of drug-likeness (QED) is 0.821. The van der Waals surface area contributed by atoms with E-state index in [1.807, 2.05) is 30.9 Å². The second-order valence-electron chi connectivity index (χ2n) is 5.35. The van der Waals surface area contributed by atoms with Gasteiger partial charge in [0.15, 0.2) is 0 Å². The molecule has 0 amide bonds. The Morgan fingerprint density at radius 3 is 2.56 bits per heavy atom. The van der Waals surface area contributed by atoms with Crippen LogP contribution in [0.3, 0.4) is 0 Å². The van der Waals surface area contributed by atoms with Gasteiger partial charge in [-0.15, -0.1) is 0 Å². The van der Waals surface area contributed by atoms with Gasteiger partial charge in [0.05, 0.1) is 0 Å². The molecule has 1 aromatic carbocycles. The molecule has 0 aliphatic heterocycles. The van der Waals surface area contributed by atoms with Crippen molar-refractivity contribution in [2.75, 3.05) is 12.8 Å². The molecule has 1 nitrogen and oxygen atoms in total. The van der Waals surface area contributed by atoms with Crippen molar-refractivity contribution in [3.8, 4) is 0 Å². The predicted molar refractivity (Wildman–Crippen MR) is 87.9 cm³/mol. The summed E-state index contributed by atoms with van der Waals surface area (Å²) >= 11 is 11.7. The molecule has 1 rings (SSSR count). The molecule has 0 fully saturated rings. The highest BCUT2D eigenvalue weighted by atomic mass is 79.9. The third-order valence-corrected chi connectivity index (χ3v) is 4.89. The van der Waals surface area contributed by atoms with E-state index >= 15 is 0 Å². The molecule has 4 heteroatoms. The van der Waals surface area contributed by atoms with E-state index in [2.05, 4.69) is 48.1 Å². The van der Waals surface area contributed by atoms with Gasteiger partial charge in [0.1, 0.15) is 0 Å². The molecule has 1 atom stereocenters. The Morgan fingerprint density at radius 2 is 2.06 bits per heavy atom. The number of hydrogen-bond donors (Lipinski definition) is 1. The summed E-state index contributed by atoms with van der Waals surface area (Å²) in [7, 11) is 2.01. The molecule has 0 saturated heterocycles. The second-order valence-corrected chi connectivity index (χ2v) is 8.52. The Hall–Kier alpha value is 0.300. The monoisotopic (exact) mass is 349 g/mol. The fourth-order valence-electron chi connectivity index (χ4n) is 1.55. The van der Waals surface area contributed by atoms with Crippen molar-refractivity contribution in [2.45, 2.75) is 38.0 Å². The van der Waals surface area contributed by atoms with Crippen LogP contribution in [-0.4, -0.2) is 23.6 Å². The topological polar surface area (TPSA) is 12.0 Å². The van der Waals surface area contributed by atoms with Crippen LogP contribution in [0, 0.1) is 0 Å². The van der Waals surface area contributed by atoms with Crippen LogP contribution in [0.25, 0.3) is 0 Å². The fourth-order valence-corrected chi connectivity index (χ4v) is 3.28. The zero-order valence-corrected chi connectivity index (χ0v) is 14.5. The van der Waals surface area contributed by atoms with Gasteiger partial charge < -0.3 is 5.32 Å². The number of likely N-dealkylation sites (N-methyl/N-ethyl adjacent to an activating group) is 1. The van der Waals surface area contributed by atoms with E-state index in [-0.39, 0.29) is 0 Å². The normalized spacial score (nSPS) is 13.7. The predicted octanol–water partition coefficient (Wildman–Crippen LogP) is 4.76. The van der Waals surface area contributed by atoms with E-state index in [1.165, 1.54) is 5.56 Å². The first-order valence-corrected chi connectivity index (χ1v) is 8.22. The summed E-state index contributed by atoms with van der Waals surface area (Å²) in [6.07, 6.45) is 0.964. The first-order chi connectivity index (χ1) is 8.31. The fraction of sp³-hybridized carbons (Fsp3) is 0.571. The molecule has 0 spiro atoms. The van der Waals surface area contributed by atoms with Gasteiger partial charge in [0.2, 0.25) is 0 Å². The number of nitrogens with one attached hydrogen (secondary N) is 1. The number of thioether (sulfide) groups is 1. The Kier molecular flexibility index (Phi) is 6.52. The van der Waals surface area contributed by atoms with Crippen molar-refractivity contribution in [1.29, 1.82) is 0 Å². The van der Waals surface area contributed by atoms with E-state index in [9.17, 15) is 0 Å². The van der Waals surface area contributed by atoms with Crippen molar-refractivity contribution in [1.82, 2.24) is 5.32 Å². The minimum Gasteiger partial charge on any atom is -0.316 e. The highest BCUT2D eigenvalue weighted by Gasteiger charge is 2.16. The van der Waals surface area contributed by atoms with Gasteiger partial charge in [-0.25, -0.2) is 0 Å². The molecule has 0 radical (unpaired) electrons. The lowest BCUT2D eigenvalue weighted by atomic mass is 10.1. The molecular formula is C14H21BrClNS. The van der Waals surface area contributed by atoms with Crippen LogP contribution in [0.5, 0.6) is 0 Å². The van der Waals surface area contributed by atoms with Gasteiger partial charge >= 0.3 is 0 Å². The SMILES string of the molecule is CNC(CSC(C)(C)C)Cc1ccc(Br)cc1Cl. The summed E-state index contributed by atoms with van der Waals surface area (Å²) < 4.78 is 1.33. The van der Waals surface area contributed by atoms with Gasteiger partial charge in [-0.05, 0) is 31.2 Å². The van der Waals surface area contributed by atoms with Crippen LogP contribution in [0.4, 0.5) is 0 Å². The van der Waals surface area contributed by atoms with Crippen molar-refractivity contribution < 1.29 is 0 Å². The molecule has 0 bridgehead atoms. The Labute approximate surface area is 128 Å². The molecule has 0 heterocycles. The van der Waals surface area contributed by atoms with Crippen molar-refractivity contribution in [3.05, 3.63) is 33.3 Å². The summed E-state index contributed by atoms with van der Waals surface area (Å²) in [4.78, 5) is 0. The van der Waals surface area contributed by atoms with Crippen molar-refractivity contribution in [2.24, 2.45) is 0 Å². The van der Waals surface area contributed by atoms with Gasteiger partial charge in [0, 0.05) is 26.0 Å². The molecule has 0 aliphatic rings. The molecule has 0 aliphatic carbocycles. The number of halogens is 2. The molecule has 1 N–H and O–H groups in total. The summed E-state index contributed by atoms with van der Waals surface area (Å²) in [5.41, 5.74) is 1.20. The summed E-state index contributed by atoms with van der Waals surface area (Å²) in [5.74, 6) is 1.09. The van der Waals surface area contributed by atoms with Crippen LogP contribution in [0.1, 0.15) is 26.3 Å². The van der Waals surface area contributed by atoms with E-state index in [1.54, 1.807) is 0 Å². The molecular weight excluding hydrogens is 330 g/mol. The first-order valence-electron chi connectivity index (χ1n) is 6.07. The Bertz CT molecular complexity index is 390. The van der Waals surface area contributed by atoms with E-state index in [0.29, 0.717) is 10.8 Å². The first kappa shape index (κ1) is 16.4. The number of rotatable bonds is 5. The maximum atomic E-state index is 6.26. The zero-order chi connectivity index (χ0) is 13.8. The average molecular weight is 351 g/mol. The lowest BCUT2D eigenvalue weighted by molar-refractivity contribution is 0.613. The van der Waals surface area contributed by atoms with Crippen molar-refractivity contribution >= 4 is 39.3 Å². The minimum atomic E-state index is 0.304. The molecule has 18 heavy (non-hydrogen) atoms. The third kappa shape index (κ3) is 5.96. The van der Waals surface area contributed by atoms with Gasteiger partial charge in [-0.3, -0.25) is 0 Å². The molecule has 0 aromatic heterocycles. The summed E-state index contributed by atoms with van der Waals surface area (Å²) in [5, 5.41) is 4.21. The molecule has 102 valence electrons. The van der Waals surface area contributed by atoms with Gasteiger partial charge in [-0.1, -0.05) is 54.4 Å². The van der Waals surface area contributed by atoms with E-state index in [0.717, 1.165) is 21.7 Å². The minimum absolute atomic E-state index is 0.304. The van der Waals surface area contributed by atoms with Gasteiger partial charge in [0.25, 0.3) is 0 Å². The largest absolute Gasteiger partial charge is 0.316 e. The van der Waals surface area contributed by atoms with E-state index in [4.69, 9.17) is 11.6 Å². The Balaban J connectivity index is 2.62. The summed E-state index contributed by atoms with van der Waals surface area (Å²) in [6.45, 7) is 6.74. The van der Waals surface area contributed by atoms with Crippen molar-refractivity contribution in [3.63, 3.8) is 0 Å². The van der Waals surface area contributed by atoms with Crippen LogP contribution >= 0.6 is 39.3 Å². The van der Waals surface area contributed by atoms with Crippen LogP contribution in [0.15, 0.2) is 22.7 Å². The third-order valence-electron chi connectivity index (χ3n) is 2.61. The highest BCUT2D eigenvalue weighted by molar-refractivity contribution is 9.10. The average Bonchev–Trinajstić information content (AvgIpc) is 2.25. The highest BCUT2D eigenvalue weighted by Crippen LogP contribution is 2.26. The number of benzene rings is 1. The lowest BCUT2D eigenvalue weighted by Gasteiger charge is -2.23. The standard InChI is InChI=1S/C14H21BrClNS/c1-14(2,3)18-9-12(17-4)7-10-5-6-11(15)8-13(10)16/h5-6,8,12,17H,7,9H2,1-4H3. The Morgan fingerprint density at radius 1 is 1.39 bits per heavy atom. The molecule has 1 aromatic rings. The second kappa shape index (κ2) is 7.18. The maximum absolute atomic E-state index is 6.26. The lowest BCUT2D eigenvalue weighted by Crippen LogP contribution is -2.31. The van der Waals surface area contributed by atoms with Crippen LogP contribution < -0.4 is 5.32 Å². The summed E-state index contributed by atoms with van der Waals surface area (Å²) in [6, 6.07) is 6.55. The van der Waals surface area contributed by atoms with E-state index < -0.39 is 0 Å². The molecule has 0 saturated carbocycles. The maximum Gasteiger partial charge on any atom is 0.0449 e. The van der Waals surface area contributed by atoms with Crippen LogP contribution in [0.2, 0.25) is 5.02 Å². The molecule has 1 unspecified atom stereocenters. The smallest absolute Gasteiger partial charge is 0.0449 e. The van der Waals surface area contributed by atoms with Gasteiger partial charge in [-0.2, -0.15) is 11.8 Å². The number of hydrogen-bond acceptors (Lipinski definition) is 2. The zero-order valence-electron chi connectivity index (χ0n) is 11.4.